The summed E-state index contributed by atoms with van der Waals surface area (Å²) in [6.45, 7) is 7.84. The highest BCUT2D eigenvalue weighted by atomic mass is 16.5. The molecule has 0 fully saturated rings. The van der Waals surface area contributed by atoms with E-state index in [1.54, 1.807) is 6.20 Å². The van der Waals surface area contributed by atoms with E-state index in [4.69, 9.17) is 4.74 Å². The van der Waals surface area contributed by atoms with Crippen molar-refractivity contribution >= 4 is 5.69 Å². The number of nitrogens with zero attached hydrogens (tertiary/aromatic N) is 1. The van der Waals surface area contributed by atoms with Gasteiger partial charge >= 0.3 is 0 Å². The van der Waals surface area contributed by atoms with Crippen LogP contribution >= 0.6 is 0 Å². The maximum absolute atomic E-state index is 5.77. The van der Waals surface area contributed by atoms with Gasteiger partial charge in [0, 0.05) is 18.4 Å². The lowest BCUT2D eigenvalue weighted by atomic mass is 10.0. The quantitative estimate of drug-likeness (QED) is 0.853. The van der Waals surface area contributed by atoms with Crippen LogP contribution in [0.2, 0.25) is 0 Å². The average Bonchev–Trinajstić information content (AvgIpc) is 2.46. The summed E-state index contributed by atoms with van der Waals surface area (Å²) in [6, 6.07) is 12.2. The molecule has 2 rings (SSSR count). The minimum absolute atomic E-state index is 0.486. The van der Waals surface area contributed by atoms with Crippen LogP contribution < -0.4 is 10.1 Å². The Bertz CT molecular complexity index is 535. The monoisotopic (exact) mass is 270 g/mol. The summed E-state index contributed by atoms with van der Waals surface area (Å²) in [5.41, 5.74) is 3.33. The molecule has 0 radical (unpaired) electrons. The molecule has 0 aliphatic heterocycles. The van der Waals surface area contributed by atoms with E-state index in [0.717, 1.165) is 23.7 Å². The van der Waals surface area contributed by atoms with E-state index < -0.39 is 0 Å². The fourth-order valence-electron chi connectivity index (χ4n) is 1.98. The van der Waals surface area contributed by atoms with Crippen molar-refractivity contribution in [2.45, 2.75) is 33.3 Å². The van der Waals surface area contributed by atoms with Crippen LogP contribution in [0.3, 0.4) is 0 Å². The van der Waals surface area contributed by atoms with Gasteiger partial charge in [0.1, 0.15) is 12.4 Å². The van der Waals surface area contributed by atoms with E-state index in [1.165, 1.54) is 5.56 Å². The molecule has 1 N–H and O–H groups in total. The molecule has 0 aliphatic rings. The fraction of sp³-hybridized carbons (Fsp3) is 0.353. The predicted molar refractivity (Wildman–Crippen MR) is 83.3 cm³/mol. The van der Waals surface area contributed by atoms with Gasteiger partial charge in [-0.2, -0.15) is 0 Å². The van der Waals surface area contributed by atoms with Crippen LogP contribution in [0.4, 0.5) is 5.69 Å². The molecule has 1 aromatic carbocycles. The summed E-state index contributed by atoms with van der Waals surface area (Å²) in [5, 5.41) is 3.27. The zero-order valence-corrected chi connectivity index (χ0v) is 12.4. The molecular formula is C17H22N2O. The van der Waals surface area contributed by atoms with Crippen molar-refractivity contribution in [3.05, 3.63) is 53.9 Å². The number of benzene rings is 1. The molecule has 1 heterocycles. The molecule has 0 bridgehead atoms. The maximum Gasteiger partial charge on any atom is 0.130 e. The molecule has 0 unspecified atom stereocenters. The first-order valence-electron chi connectivity index (χ1n) is 7.10. The molecule has 1 aromatic heterocycles. The number of anilines is 1. The van der Waals surface area contributed by atoms with E-state index in [1.807, 2.05) is 24.3 Å². The minimum atomic E-state index is 0.486. The first-order chi connectivity index (χ1) is 9.69. The Balaban J connectivity index is 1.96. The average molecular weight is 270 g/mol. The van der Waals surface area contributed by atoms with Gasteiger partial charge in [-0.05, 0) is 42.7 Å². The van der Waals surface area contributed by atoms with Crippen LogP contribution in [0.5, 0.6) is 5.75 Å². The molecule has 3 heteroatoms. The normalized spacial score (nSPS) is 10.6. The van der Waals surface area contributed by atoms with Gasteiger partial charge in [0.2, 0.25) is 0 Å². The lowest BCUT2D eigenvalue weighted by Gasteiger charge is -2.09. The van der Waals surface area contributed by atoms with E-state index in [9.17, 15) is 0 Å². The van der Waals surface area contributed by atoms with Crippen LogP contribution in [-0.4, -0.2) is 11.5 Å². The van der Waals surface area contributed by atoms with Crippen molar-refractivity contribution in [1.82, 2.24) is 4.98 Å². The van der Waals surface area contributed by atoms with E-state index in [-0.39, 0.29) is 0 Å². The Morgan fingerprint density at radius 3 is 2.55 bits per heavy atom. The molecule has 0 atom stereocenters. The van der Waals surface area contributed by atoms with Gasteiger partial charge in [-0.3, -0.25) is 4.98 Å². The van der Waals surface area contributed by atoms with E-state index in [2.05, 4.69) is 43.2 Å². The minimum Gasteiger partial charge on any atom is -0.487 e. The largest absolute Gasteiger partial charge is 0.487 e. The third-order valence-electron chi connectivity index (χ3n) is 3.13. The summed E-state index contributed by atoms with van der Waals surface area (Å²) < 4.78 is 5.77. The van der Waals surface area contributed by atoms with Crippen molar-refractivity contribution in [3.63, 3.8) is 0 Å². The van der Waals surface area contributed by atoms with Gasteiger partial charge < -0.3 is 10.1 Å². The van der Waals surface area contributed by atoms with Crippen LogP contribution in [0.15, 0.2) is 42.6 Å². The molecule has 0 saturated heterocycles. The number of ether oxygens (including phenoxy) is 1. The molecule has 3 nitrogen and oxygen atoms in total. The van der Waals surface area contributed by atoms with Crippen molar-refractivity contribution in [2.75, 3.05) is 11.9 Å². The topological polar surface area (TPSA) is 34.2 Å². The lowest BCUT2D eigenvalue weighted by Crippen LogP contribution is -2.01. The molecule has 2 aromatic rings. The highest BCUT2D eigenvalue weighted by Gasteiger charge is 2.01. The van der Waals surface area contributed by atoms with Gasteiger partial charge in [-0.25, -0.2) is 0 Å². The standard InChI is InChI=1S/C17H22N2O/c1-4-18-15-9-10-19-16(11-15)12-20-17-7-5-14(6-8-17)13(2)3/h5-11,13H,4,12H2,1-3H3,(H,18,19). The zero-order chi connectivity index (χ0) is 14.4. The van der Waals surface area contributed by atoms with Gasteiger partial charge in [0.25, 0.3) is 0 Å². The van der Waals surface area contributed by atoms with Crippen molar-refractivity contribution < 1.29 is 4.74 Å². The van der Waals surface area contributed by atoms with Crippen molar-refractivity contribution in [3.8, 4) is 5.75 Å². The van der Waals surface area contributed by atoms with Crippen molar-refractivity contribution in [1.29, 1.82) is 0 Å². The zero-order valence-electron chi connectivity index (χ0n) is 12.4. The van der Waals surface area contributed by atoms with Crippen LogP contribution in [-0.2, 0) is 6.61 Å². The number of nitrogens with one attached hydrogen (secondary N) is 1. The van der Waals surface area contributed by atoms with E-state index >= 15 is 0 Å². The highest BCUT2D eigenvalue weighted by Crippen LogP contribution is 2.19. The first kappa shape index (κ1) is 14.4. The Morgan fingerprint density at radius 1 is 1.15 bits per heavy atom. The number of aromatic nitrogens is 1. The van der Waals surface area contributed by atoms with Crippen LogP contribution in [0.25, 0.3) is 0 Å². The second-order valence-electron chi connectivity index (χ2n) is 5.08. The number of pyridine rings is 1. The Labute approximate surface area is 121 Å². The molecule has 0 spiro atoms. The Hall–Kier alpha value is -2.03. The predicted octanol–water partition coefficient (Wildman–Crippen LogP) is 4.22. The van der Waals surface area contributed by atoms with Gasteiger partial charge in [0.15, 0.2) is 0 Å². The third-order valence-corrected chi connectivity index (χ3v) is 3.13. The molecule has 0 saturated carbocycles. The SMILES string of the molecule is CCNc1ccnc(COc2ccc(C(C)C)cc2)c1. The maximum atomic E-state index is 5.77. The molecular weight excluding hydrogens is 248 g/mol. The van der Waals surface area contributed by atoms with Crippen LogP contribution in [0, 0.1) is 0 Å². The number of hydrogen-bond acceptors (Lipinski definition) is 3. The van der Waals surface area contributed by atoms with Crippen LogP contribution in [0.1, 0.15) is 37.9 Å². The molecule has 0 amide bonds. The summed E-state index contributed by atoms with van der Waals surface area (Å²) in [7, 11) is 0. The summed E-state index contributed by atoms with van der Waals surface area (Å²) in [6.07, 6.45) is 1.80. The lowest BCUT2D eigenvalue weighted by molar-refractivity contribution is 0.301. The summed E-state index contributed by atoms with van der Waals surface area (Å²) in [4.78, 5) is 4.32. The first-order valence-corrected chi connectivity index (χ1v) is 7.10. The summed E-state index contributed by atoms with van der Waals surface area (Å²) in [5.74, 6) is 1.42. The molecule has 20 heavy (non-hydrogen) atoms. The Kier molecular flexibility index (Phi) is 4.99. The van der Waals surface area contributed by atoms with Crippen molar-refractivity contribution in [2.24, 2.45) is 0 Å². The number of rotatable bonds is 6. The van der Waals surface area contributed by atoms with E-state index in [0.29, 0.717) is 12.5 Å². The molecule has 0 aliphatic carbocycles. The summed E-state index contributed by atoms with van der Waals surface area (Å²) >= 11 is 0. The third kappa shape index (κ3) is 3.98. The van der Waals surface area contributed by atoms with Gasteiger partial charge in [-0.1, -0.05) is 26.0 Å². The molecule has 106 valence electrons. The van der Waals surface area contributed by atoms with Gasteiger partial charge in [-0.15, -0.1) is 0 Å². The highest BCUT2D eigenvalue weighted by molar-refractivity contribution is 5.43. The Morgan fingerprint density at radius 2 is 1.90 bits per heavy atom. The fourth-order valence-corrected chi connectivity index (χ4v) is 1.98. The van der Waals surface area contributed by atoms with Gasteiger partial charge in [0.05, 0.1) is 5.69 Å². The second kappa shape index (κ2) is 6.94. The second-order valence-corrected chi connectivity index (χ2v) is 5.08. The smallest absolute Gasteiger partial charge is 0.130 e. The number of hydrogen-bond donors (Lipinski definition) is 1.